The highest BCUT2D eigenvalue weighted by Crippen LogP contribution is 2.40. The van der Waals surface area contributed by atoms with Gasteiger partial charge in [0.05, 0.1) is 17.4 Å². The van der Waals surface area contributed by atoms with Crippen molar-refractivity contribution in [1.82, 2.24) is 25.8 Å². The first-order valence-electron chi connectivity index (χ1n) is 12.1. The highest BCUT2D eigenvalue weighted by Gasteiger charge is 2.40. The highest BCUT2D eigenvalue weighted by molar-refractivity contribution is 6.03. The molecule has 2 aliphatic rings. The van der Waals surface area contributed by atoms with Gasteiger partial charge in [-0.05, 0) is 55.0 Å². The number of nitrogens with zero attached hydrogens (tertiary/aromatic N) is 3. The van der Waals surface area contributed by atoms with Crippen LogP contribution in [0.4, 0.5) is 5.69 Å². The Hall–Kier alpha value is -3.52. The van der Waals surface area contributed by atoms with Crippen LogP contribution in [0.3, 0.4) is 0 Å². The molecule has 0 bridgehead atoms. The summed E-state index contributed by atoms with van der Waals surface area (Å²) in [6.45, 7) is 2.07. The lowest BCUT2D eigenvalue weighted by molar-refractivity contribution is -0.133. The molecule has 2 amide bonds. The molecule has 0 radical (unpaired) electrons. The first-order valence-corrected chi connectivity index (χ1v) is 12.1. The van der Waals surface area contributed by atoms with Crippen LogP contribution < -0.4 is 16.2 Å². The van der Waals surface area contributed by atoms with Crippen LogP contribution in [0.15, 0.2) is 54.6 Å². The summed E-state index contributed by atoms with van der Waals surface area (Å²) in [5.41, 5.74) is 9.89. The quantitative estimate of drug-likeness (QED) is 0.519. The van der Waals surface area contributed by atoms with E-state index in [1.165, 1.54) is 0 Å². The fraction of sp³-hybridized carbons (Fsp3) is 0.385. The van der Waals surface area contributed by atoms with Crippen molar-refractivity contribution >= 4 is 17.5 Å². The van der Waals surface area contributed by atoms with Gasteiger partial charge in [-0.1, -0.05) is 61.7 Å². The van der Waals surface area contributed by atoms with E-state index in [2.05, 4.69) is 33.4 Å². The lowest BCUT2D eigenvalue weighted by Gasteiger charge is -2.41. The molecule has 3 atom stereocenters. The van der Waals surface area contributed by atoms with Crippen LogP contribution in [0.5, 0.6) is 0 Å². The highest BCUT2D eigenvalue weighted by atomic mass is 16.2. The van der Waals surface area contributed by atoms with Gasteiger partial charge >= 0.3 is 0 Å². The number of hydrazine groups is 1. The van der Waals surface area contributed by atoms with Crippen molar-refractivity contribution in [2.24, 2.45) is 11.8 Å². The van der Waals surface area contributed by atoms with E-state index in [0.29, 0.717) is 23.7 Å². The summed E-state index contributed by atoms with van der Waals surface area (Å²) in [7, 11) is 0. The number of benzene rings is 2. The molecule has 5 rings (SSSR count). The molecule has 3 N–H and O–H groups in total. The molecule has 176 valence electrons. The second-order valence-electron chi connectivity index (χ2n) is 9.12. The SMILES string of the molecule is CCCc1c(C(=O)Nc2ccc(C3NNC(=O)C4CCCCC43)cc2)nnn1-c1ccccc1. The molecule has 8 heteroatoms. The van der Waals surface area contributed by atoms with Crippen LogP contribution in [0, 0.1) is 11.8 Å². The van der Waals surface area contributed by atoms with Crippen molar-refractivity contribution < 1.29 is 9.59 Å². The third-order valence-electron chi connectivity index (χ3n) is 6.93. The minimum absolute atomic E-state index is 0.0728. The number of rotatable bonds is 6. The lowest BCUT2D eigenvalue weighted by Crippen LogP contribution is -2.55. The molecule has 2 aromatic carbocycles. The molecule has 1 aliphatic heterocycles. The lowest BCUT2D eigenvalue weighted by atomic mass is 9.72. The van der Waals surface area contributed by atoms with Gasteiger partial charge in [-0.3, -0.25) is 15.0 Å². The monoisotopic (exact) mass is 458 g/mol. The maximum absolute atomic E-state index is 13.1. The molecule has 1 saturated heterocycles. The van der Waals surface area contributed by atoms with Gasteiger partial charge in [0.1, 0.15) is 0 Å². The standard InChI is InChI=1S/C26H30N6O2/c1-2-8-22-24(29-31-32(22)19-9-4-3-5-10-19)26(34)27-18-15-13-17(14-16-18)23-20-11-6-7-12-21(20)25(33)30-28-23/h3-5,9-10,13-16,20-21,23,28H,2,6-8,11-12H2,1H3,(H,27,34)(H,30,33). The first-order chi connectivity index (χ1) is 16.7. The molecule has 1 aromatic heterocycles. The smallest absolute Gasteiger partial charge is 0.278 e. The van der Waals surface area contributed by atoms with Crippen molar-refractivity contribution in [2.45, 2.75) is 51.5 Å². The minimum Gasteiger partial charge on any atom is -0.321 e. The van der Waals surface area contributed by atoms with E-state index >= 15 is 0 Å². The van der Waals surface area contributed by atoms with Crippen LogP contribution in [-0.4, -0.2) is 26.8 Å². The van der Waals surface area contributed by atoms with Crippen LogP contribution in [0.1, 0.15) is 66.8 Å². The Morgan fingerprint density at radius 3 is 2.62 bits per heavy atom. The summed E-state index contributed by atoms with van der Waals surface area (Å²) in [5.74, 6) is 0.209. The second kappa shape index (κ2) is 9.77. The summed E-state index contributed by atoms with van der Waals surface area (Å²) in [4.78, 5) is 25.3. The Balaban J connectivity index is 1.32. The van der Waals surface area contributed by atoms with Crippen molar-refractivity contribution in [3.05, 3.63) is 71.5 Å². The molecule has 34 heavy (non-hydrogen) atoms. The van der Waals surface area contributed by atoms with E-state index in [1.807, 2.05) is 54.6 Å². The Bertz CT molecular complexity index is 1160. The maximum atomic E-state index is 13.1. The fourth-order valence-electron chi connectivity index (χ4n) is 5.24. The van der Waals surface area contributed by atoms with Crippen molar-refractivity contribution in [3.63, 3.8) is 0 Å². The molecular formula is C26H30N6O2. The van der Waals surface area contributed by atoms with Gasteiger partial charge in [0.25, 0.3) is 5.91 Å². The molecular weight excluding hydrogens is 428 g/mol. The minimum atomic E-state index is -0.270. The first kappa shape index (κ1) is 22.3. The average molecular weight is 459 g/mol. The van der Waals surface area contributed by atoms with Gasteiger partial charge in [0.2, 0.25) is 5.91 Å². The van der Waals surface area contributed by atoms with Gasteiger partial charge in [-0.2, -0.15) is 0 Å². The van der Waals surface area contributed by atoms with Gasteiger partial charge in [0.15, 0.2) is 5.69 Å². The summed E-state index contributed by atoms with van der Waals surface area (Å²) in [6, 6.07) is 17.7. The summed E-state index contributed by atoms with van der Waals surface area (Å²) in [6.07, 6.45) is 5.84. The zero-order valence-corrected chi connectivity index (χ0v) is 19.3. The van der Waals surface area contributed by atoms with E-state index < -0.39 is 0 Å². The predicted octanol–water partition coefficient (Wildman–Crippen LogP) is 3.95. The average Bonchev–Trinajstić information content (AvgIpc) is 3.30. The fourth-order valence-corrected chi connectivity index (χ4v) is 5.24. The maximum Gasteiger partial charge on any atom is 0.278 e. The number of hydrogen-bond acceptors (Lipinski definition) is 5. The molecule has 8 nitrogen and oxygen atoms in total. The van der Waals surface area contributed by atoms with Crippen molar-refractivity contribution in [1.29, 1.82) is 0 Å². The Morgan fingerprint density at radius 2 is 1.85 bits per heavy atom. The topological polar surface area (TPSA) is 101 Å². The summed E-state index contributed by atoms with van der Waals surface area (Å²) < 4.78 is 1.74. The Kier molecular flexibility index (Phi) is 6.40. The largest absolute Gasteiger partial charge is 0.321 e. The van der Waals surface area contributed by atoms with E-state index in [-0.39, 0.29) is 23.8 Å². The predicted molar refractivity (Wildman–Crippen MR) is 129 cm³/mol. The molecule has 3 unspecified atom stereocenters. The second-order valence-corrected chi connectivity index (χ2v) is 9.12. The van der Waals surface area contributed by atoms with E-state index in [1.54, 1.807) is 4.68 Å². The van der Waals surface area contributed by atoms with Gasteiger partial charge in [0, 0.05) is 11.6 Å². The van der Waals surface area contributed by atoms with E-state index in [4.69, 9.17) is 0 Å². The Labute approximate surface area is 199 Å². The number of amides is 2. The third-order valence-corrected chi connectivity index (χ3v) is 6.93. The number of fused-ring (bicyclic) bond motifs is 1. The summed E-state index contributed by atoms with van der Waals surface area (Å²) in [5, 5.41) is 11.4. The number of nitrogens with one attached hydrogen (secondary N) is 3. The van der Waals surface area contributed by atoms with Crippen LogP contribution in [0.25, 0.3) is 5.69 Å². The zero-order chi connectivity index (χ0) is 23.5. The summed E-state index contributed by atoms with van der Waals surface area (Å²) >= 11 is 0. The number of anilines is 1. The normalized spacial score (nSPS) is 22.0. The van der Waals surface area contributed by atoms with Crippen molar-refractivity contribution in [2.75, 3.05) is 5.32 Å². The molecule has 2 fully saturated rings. The van der Waals surface area contributed by atoms with Gasteiger partial charge in [-0.25, -0.2) is 10.1 Å². The number of carbonyl (C=O) groups is 2. The van der Waals surface area contributed by atoms with Crippen LogP contribution in [0.2, 0.25) is 0 Å². The molecule has 1 aliphatic carbocycles. The van der Waals surface area contributed by atoms with E-state index in [0.717, 1.165) is 49.0 Å². The Morgan fingerprint density at radius 1 is 1.09 bits per heavy atom. The number of aromatic nitrogens is 3. The molecule has 1 saturated carbocycles. The molecule has 0 spiro atoms. The van der Waals surface area contributed by atoms with Crippen LogP contribution >= 0.6 is 0 Å². The number of para-hydroxylation sites is 1. The number of hydrogen-bond donors (Lipinski definition) is 3. The van der Waals surface area contributed by atoms with Crippen LogP contribution in [-0.2, 0) is 11.2 Å². The van der Waals surface area contributed by atoms with Gasteiger partial charge in [-0.15, -0.1) is 5.10 Å². The van der Waals surface area contributed by atoms with Crippen molar-refractivity contribution in [3.8, 4) is 5.69 Å². The number of carbonyl (C=O) groups excluding carboxylic acids is 2. The molecule has 3 aromatic rings. The van der Waals surface area contributed by atoms with E-state index in [9.17, 15) is 9.59 Å². The zero-order valence-electron chi connectivity index (χ0n) is 19.3. The molecule has 2 heterocycles. The van der Waals surface area contributed by atoms with Gasteiger partial charge < -0.3 is 5.32 Å². The third kappa shape index (κ3) is 4.33.